The summed E-state index contributed by atoms with van der Waals surface area (Å²) in [6.45, 7) is 3.98. The fourth-order valence-corrected chi connectivity index (χ4v) is 3.21. The van der Waals surface area contributed by atoms with Crippen molar-refractivity contribution in [2.75, 3.05) is 27.2 Å². The standard InChI is InChI=1S/C14H26N2O2/c1-11-10-16(8-5-12(11)15-2)13(17)9-14(18-3)6-4-7-14/h11-12,15H,4-10H2,1-3H3. The van der Waals surface area contributed by atoms with Crippen molar-refractivity contribution in [1.29, 1.82) is 0 Å². The molecule has 2 aliphatic rings. The van der Waals surface area contributed by atoms with Crippen molar-refractivity contribution < 1.29 is 9.53 Å². The molecule has 2 rings (SSSR count). The van der Waals surface area contributed by atoms with E-state index in [1.165, 1.54) is 6.42 Å². The molecule has 1 aliphatic heterocycles. The first kappa shape index (κ1) is 13.8. The summed E-state index contributed by atoms with van der Waals surface area (Å²) in [7, 11) is 3.75. The maximum absolute atomic E-state index is 12.3. The molecule has 18 heavy (non-hydrogen) atoms. The highest BCUT2D eigenvalue weighted by Crippen LogP contribution is 2.38. The zero-order valence-corrected chi connectivity index (χ0v) is 11.9. The van der Waals surface area contributed by atoms with Gasteiger partial charge in [0, 0.05) is 26.2 Å². The molecule has 1 heterocycles. The number of hydrogen-bond acceptors (Lipinski definition) is 3. The lowest BCUT2D eigenvalue weighted by molar-refractivity contribution is -0.146. The number of rotatable bonds is 4. The van der Waals surface area contributed by atoms with Crippen LogP contribution in [0.4, 0.5) is 0 Å². The van der Waals surface area contributed by atoms with Gasteiger partial charge in [0.2, 0.25) is 5.91 Å². The molecule has 1 amide bonds. The molecule has 2 unspecified atom stereocenters. The molecule has 2 atom stereocenters. The zero-order valence-electron chi connectivity index (χ0n) is 11.9. The molecule has 0 aromatic carbocycles. The molecule has 4 nitrogen and oxygen atoms in total. The summed E-state index contributed by atoms with van der Waals surface area (Å²) in [5.41, 5.74) is -0.139. The number of likely N-dealkylation sites (tertiary alicyclic amines) is 1. The molecule has 104 valence electrons. The predicted molar refractivity (Wildman–Crippen MR) is 71.4 cm³/mol. The summed E-state index contributed by atoms with van der Waals surface area (Å²) in [6.07, 6.45) is 4.90. The van der Waals surface area contributed by atoms with Crippen LogP contribution in [0, 0.1) is 5.92 Å². The van der Waals surface area contributed by atoms with Gasteiger partial charge in [-0.25, -0.2) is 0 Å². The van der Waals surface area contributed by atoms with Crippen LogP contribution in [0.25, 0.3) is 0 Å². The molecular weight excluding hydrogens is 228 g/mol. The largest absolute Gasteiger partial charge is 0.378 e. The lowest BCUT2D eigenvalue weighted by atomic mass is 9.77. The van der Waals surface area contributed by atoms with Gasteiger partial charge in [-0.2, -0.15) is 0 Å². The first-order chi connectivity index (χ1) is 8.60. The Hall–Kier alpha value is -0.610. The molecule has 0 bridgehead atoms. The molecule has 4 heteroatoms. The summed E-state index contributed by atoms with van der Waals surface area (Å²) in [5.74, 6) is 0.811. The van der Waals surface area contributed by atoms with Gasteiger partial charge in [-0.15, -0.1) is 0 Å². The van der Waals surface area contributed by atoms with Crippen LogP contribution in [0.1, 0.15) is 39.0 Å². The van der Waals surface area contributed by atoms with Crippen LogP contribution in [0.5, 0.6) is 0 Å². The Morgan fingerprint density at radius 3 is 2.67 bits per heavy atom. The molecule has 0 aromatic rings. The van der Waals surface area contributed by atoms with Gasteiger partial charge in [0.15, 0.2) is 0 Å². The second-order valence-corrected chi connectivity index (χ2v) is 5.92. The van der Waals surface area contributed by atoms with Crippen molar-refractivity contribution in [3.05, 3.63) is 0 Å². The van der Waals surface area contributed by atoms with E-state index >= 15 is 0 Å². The third kappa shape index (κ3) is 2.69. The second-order valence-electron chi connectivity index (χ2n) is 5.92. The Morgan fingerprint density at radius 1 is 1.50 bits per heavy atom. The number of ether oxygens (including phenoxy) is 1. The highest BCUT2D eigenvalue weighted by molar-refractivity contribution is 5.77. The number of piperidine rings is 1. The number of hydrogen-bond donors (Lipinski definition) is 1. The van der Waals surface area contributed by atoms with Gasteiger partial charge in [0.25, 0.3) is 0 Å². The van der Waals surface area contributed by atoms with Gasteiger partial charge in [0.05, 0.1) is 12.0 Å². The molecular formula is C14H26N2O2. The lowest BCUT2D eigenvalue weighted by Gasteiger charge is -2.43. The Balaban J connectivity index is 1.86. The summed E-state index contributed by atoms with van der Waals surface area (Å²) in [6, 6.07) is 0.550. The third-order valence-corrected chi connectivity index (χ3v) is 4.80. The van der Waals surface area contributed by atoms with E-state index in [0.717, 1.165) is 32.4 Å². The minimum atomic E-state index is -0.139. The van der Waals surface area contributed by atoms with Crippen molar-refractivity contribution in [3.63, 3.8) is 0 Å². The quantitative estimate of drug-likeness (QED) is 0.824. The third-order valence-electron chi connectivity index (χ3n) is 4.80. The highest BCUT2D eigenvalue weighted by atomic mass is 16.5. The van der Waals surface area contributed by atoms with Gasteiger partial charge in [0.1, 0.15) is 0 Å². The monoisotopic (exact) mass is 254 g/mol. The molecule has 0 aromatic heterocycles. The highest BCUT2D eigenvalue weighted by Gasteiger charge is 2.40. The zero-order chi connectivity index (χ0) is 13.2. The molecule has 1 N–H and O–H groups in total. The van der Waals surface area contributed by atoms with E-state index in [-0.39, 0.29) is 11.5 Å². The Bertz CT molecular complexity index is 297. The Labute approximate surface area is 110 Å². The smallest absolute Gasteiger partial charge is 0.225 e. The van der Waals surface area contributed by atoms with Crippen molar-refractivity contribution >= 4 is 5.91 Å². The van der Waals surface area contributed by atoms with E-state index in [4.69, 9.17) is 4.74 Å². The number of carbonyl (C=O) groups excluding carboxylic acids is 1. The summed E-state index contributed by atoms with van der Waals surface area (Å²) < 4.78 is 5.54. The van der Waals surface area contributed by atoms with Crippen LogP contribution in [0.2, 0.25) is 0 Å². The number of carbonyl (C=O) groups is 1. The normalized spacial score (nSPS) is 30.9. The van der Waals surface area contributed by atoms with E-state index in [1.54, 1.807) is 7.11 Å². The SMILES string of the molecule is CNC1CCN(C(=O)CC2(OC)CCC2)CC1C. The van der Waals surface area contributed by atoms with Crippen LogP contribution in [0.15, 0.2) is 0 Å². The van der Waals surface area contributed by atoms with Crippen LogP contribution in [-0.4, -0.2) is 49.7 Å². The maximum atomic E-state index is 12.3. The predicted octanol–water partition coefficient (Wildman–Crippen LogP) is 1.40. The minimum absolute atomic E-state index is 0.139. The number of nitrogens with one attached hydrogen (secondary N) is 1. The number of amides is 1. The molecule has 0 radical (unpaired) electrons. The molecule has 0 spiro atoms. The summed E-state index contributed by atoms with van der Waals surface area (Å²) in [5, 5.41) is 3.33. The minimum Gasteiger partial charge on any atom is -0.378 e. The molecule has 1 aliphatic carbocycles. The summed E-state index contributed by atoms with van der Waals surface area (Å²) in [4.78, 5) is 14.4. The average Bonchev–Trinajstić information content (AvgIpc) is 2.33. The Morgan fingerprint density at radius 2 is 2.22 bits per heavy atom. The van der Waals surface area contributed by atoms with E-state index in [1.807, 2.05) is 11.9 Å². The van der Waals surface area contributed by atoms with Crippen molar-refractivity contribution in [2.24, 2.45) is 5.92 Å². The van der Waals surface area contributed by atoms with Gasteiger partial charge in [-0.05, 0) is 38.6 Å². The molecule has 2 fully saturated rings. The summed E-state index contributed by atoms with van der Waals surface area (Å²) >= 11 is 0. The Kier molecular flexibility index (Phi) is 4.28. The fraction of sp³-hybridized carbons (Fsp3) is 0.929. The van der Waals surface area contributed by atoms with E-state index < -0.39 is 0 Å². The topological polar surface area (TPSA) is 41.6 Å². The fourth-order valence-electron chi connectivity index (χ4n) is 3.21. The maximum Gasteiger partial charge on any atom is 0.225 e. The lowest BCUT2D eigenvalue weighted by Crippen LogP contribution is -2.51. The first-order valence-electron chi connectivity index (χ1n) is 7.10. The second kappa shape index (κ2) is 5.57. The van der Waals surface area contributed by atoms with E-state index in [2.05, 4.69) is 12.2 Å². The first-order valence-corrected chi connectivity index (χ1v) is 7.10. The van der Waals surface area contributed by atoms with Crippen molar-refractivity contribution in [2.45, 2.75) is 50.7 Å². The van der Waals surface area contributed by atoms with Crippen LogP contribution < -0.4 is 5.32 Å². The van der Waals surface area contributed by atoms with Crippen LogP contribution in [0.3, 0.4) is 0 Å². The van der Waals surface area contributed by atoms with Gasteiger partial charge in [-0.3, -0.25) is 4.79 Å². The van der Waals surface area contributed by atoms with E-state index in [0.29, 0.717) is 18.4 Å². The van der Waals surface area contributed by atoms with Crippen LogP contribution in [-0.2, 0) is 9.53 Å². The average molecular weight is 254 g/mol. The number of methoxy groups -OCH3 is 1. The van der Waals surface area contributed by atoms with Gasteiger partial charge in [-0.1, -0.05) is 6.92 Å². The van der Waals surface area contributed by atoms with Gasteiger partial charge >= 0.3 is 0 Å². The van der Waals surface area contributed by atoms with Crippen molar-refractivity contribution in [1.82, 2.24) is 10.2 Å². The van der Waals surface area contributed by atoms with Crippen molar-refractivity contribution in [3.8, 4) is 0 Å². The van der Waals surface area contributed by atoms with E-state index in [9.17, 15) is 4.79 Å². The molecule has 1 saturated heterocycles. The van der Waals surface area contributed by atoms with Gasteiger partial charge < -0.3 is 15.0 Å². The number of nitrogens with zero attached hydrogens (tertiary/aromatic N) is 1. The molecule has 1 saturated carbocycles. The van der Waals surface area contributed by atoms with Crippen LogP contribution >= 0.6 is 0 Å².